The molecule has 0 unspecified atom stereocenters. The zero-order valence-electron chi connectivity index (χ0n) is 13.3. The van der Waals surface area contributed by atoms with Crippen LogP contribution in [0.3, 0.4) is 0 Å². The minimum Gasteiger partial charge on any atom is -0.373 e. The van der Waals surface area contributed by atoms with Crippen molar-refractivity contribution in [2.75, 3.05) is 32.7 Å². The number of nitrogens with one attached hydrogen (secondary N) is 1. The molecule has 0 spiro atoms. The van der Waals surface area contributed by atoms with Crippen LogP contribution >= 0.6 is 0 Å². The fraction of sp³-hybridized carbons (Fsp3) is 0.667. The molecule has 0 radical (unpaired) electrons. The first-order chi connectivity index (χ1) is 10.2. The molecule has 1 N–H and O–H groups in total. The highest BCUT2D eigenvalue weighted by molar-refractivity contribution is 5.27. The summed E-state index contributed by atoms with van der Waals surface area (Å²) in [4.78, 5) is 2.62. The van der Waals surface area contributed by atoms with Gasteiger partial charge in [0.05, 0.1) is 12.2 Å². The first kappa shape index (κ1) is 15.0. The van der Waals surface area contributed by atoms with E-state index >= 15 is 0 Å². The van der Waals surface area contributed by atoms with Crippen LogP contribution in [0.25, 0.3) is 0 Å². The minimum atomic E-state index is 0.309. The lowest BCUT2D eigenvalue weighted by Gasteiger charge is -2.45. The molecule has 3 heteroatoms. The summed E-state index contributed by atoms with van der Waals surface area (Å²) >= 11 is 0. The van der Waals surface area contributed by atoms with Gasteiger partial charge in [-0.2, -0.15) is 0 Å². The molecule has 2 aliphatic rings. The Bertz CT molecular complexity index is 432. The molecule has 2 atom stereocenters. The summed E-state index contributed by atoms with van der Waals surface area (Å²) in [5.41, 5.74) is 1.82. The van der Waals surface area contributed by atoms with Gasteiger partial charge in [-0.15, -0.1) is 0 Å². The summed E-state index contributed by atoms with van der Waals surface area (Å²) in [7, 11) is 0. The maximum absolute atomic E-state index is 5.89. The summed E-state index contributed by atoms with van der Waals surface area (Å²) in [6, 6.07) is 11.1. The van der Waals surface area contributed by atoms with Gasteiger partial charge in [-0.05, 0) is 45.3 Å². The first-order valence-electron chi connectivity index (χ1n) is 8.32. The van der Waals surface area contributed by atoms with Gasteiger partial charge < -0.3 is 10.1 Å². The molecule has 0 aliphatic carbocycles. The van der Waals surface area contributed by atoms with Crippen molar-refractivity contribution >= 4 is 0 Å². The van der Waals surface area contributed by atoms with Crippen molar-refractivity contribution in [1.82, 2.24) is 10.2 Å². The number of hydrogen-bond donors (Lipinski definition) is 1. The monoisotopic (exact) mass is 288 g/mol. The Morgan fingerprint density at radius 2 is 1.71 bits per heavy atom. The SMILES string of the molecule is C[C@@H]1CN(CC2(c3ccccc3)CCNCC2)C[C@H](C)O1. The van der Waals surface area contributed by atoms with Crippen LogP contribution < -0.4 is 5.32 Å². The van der Waals surface area contributed by atoms with E-state index in [2.05, 4.69) is 54.4 Å². The lowest BCUT2D eigenvalue weighted by atomic mass is 9.72. The molecule has 2 saturated heterocycles. The standard InChI is InChI=1S/C18H28N2O/c1-15-12-20(13-16(2)21-15)14-18(8-10-19-11-9-18)17-6-4-3-5-7-17/h3-7,15-16,19H,8-14H2,1-2H3/t15-,16+. The molecular weight excluding hydrogens is 260 g/mol. The summed E-state index contributed by atoms with van der Waals surface area (Å²) in [6.07, 6.45) is 3.17. The van der Waals surface area contributed by atoms with Crippen molar-refractivity contribution in [3.8, 4) is 0 Å². The van der Waals surface area contributed by atoms with E-state index in [9.17, 15) is 0 Å². The normalized spacial score (nSPS) is 30.2. The van der Waals surface area contributed by atoms with E-state index in [1.165, 1.54) is 18.4 Å². The van der Waals surface area contributed by atoms with Gasteiger partial charge >= 0.3 is 0 Å². The fourth-order valence-electron chi connectivity index (χ4n) is 4.08. The second-order valence-corrected chi connectivity index (χ2v) is 6.85. The van der Waals surface area contributed by atoms with Crippen LogP contribution in [0.15, 0.2) is 30.3 Å². The van der Waals surface area contributed by atoms with Gasteiger partial charge in [-0.1, -0.05) is 30.3 Å². The van der Waals surface area contributed by atoms with E-state index in [0.717, 1.165) is 32.7 Å². The van der Waals surface area contributed by atoms with Crippen LogP contribution in [0.1, 0.15) is 32.3 Å². The van der Waals surface area contributed by atoms with Gasteiger partial charge in [0.1, 0.15) is 0 Å². The predicted molar refractivity (Wildman–Crippen MR) is 86.7 cm³/mol. The molecule has 0 saturated carbocycles. The molecular formula is C18H28N2O. The zero-order chi connectivity index (χ0) is 14.7. The van der Waals surface area contributed by atoms with Crippen molar-refractivity contribution < 1.29 is 4.74 Å². The average molecular weight is 288 g/mol. The number of ether oxygens (including phenoxy) is 1. The molecule has 3 nitrogen and oxygen atoms in total. The van der Waals surface area contributed by atoms with E-state index in [1.807, 2.05) is 0 Å². The molecule has 1 aromatic rings. The highest BCUT2D eigenvalue weighted by Crippen LogP contribution is 2.35. The van der Waals surface area contributed by atoms with Crippen LogP contribution in [-0.4, -0.2) is 49.8 Å². The van der Waals surface area contributed by atoms with Gasteiger partial charge in [0.25, 0.3) is 0 Å². The molecule has 2 aliphatic heterocycles. The van der Waals surface area contributed by atoms with Crippen LogP contribution in [0.4, 0.5) is 0 Å². The van der Waals surface area contributed by atoms with E-state index in [4.69, 9.17) is 4.74 Å². The van der Waals surface area contributed by atoms with Gasteiger partial charge in [0.2, 0.25) is 0 Å². The largest absolute Gasteiger partial charge is 0.373 e. The van der Waals surface area contributed by atoms with Gasteiger partial charge in [-0.25, -0.2) is 0 Å². The maximum Gasteiger partial charge on any atom is 0.0678 e. The van der Waals surface area contributed by atoms with Crippen molar-refractivity contribution in [2.45, 2.75) is 44.3 Å². The Hall–Kier alpha value is -0.900. The maximum atomic E-state index is 5.89. The molecule has 0 bridgehead atoms. The van der Waals surface area contributed by atoms with Crippen molar-refractivity contribution in [3.63, 3.8) is 0 Å². The number of nitrogens with zero attached hydrogens (tertiary/aromatic N) is 1. The molecule has 0 aromatic heterocycles. The molecule has 3 rings (SSSR count). The van der Waals surface area contributed by atoms with Gasteiger partial charge in [-0.3, -0.25) is 4.90 Å². The number of hydrogen-bond acceptors (Lipinski definition) is 3. The molecule has 2 fully saturated rings. The number of morpholine rings is 1. The van der Waals surface area contributed by atoms with Crippen LogP contribution in [-0.2, 0) is 10.2 Å². The number of rotatable bonds is 3. The lowest BCUT2D eigenvalue weighted by Crippen LogP contribution is -2.53. The van der Waals surface area contributed by atoms with Crippen molar-refractivity contribution in [3.05, 3.63) is 35.9 Å². The molecule has 116 valence electrons. The predicted octanol–water partition coefficient (Wildman–Crippen LogP) is 2.42. The summed E-state index contributed by atoms with van der Waals surface area (Å²) in [5, 5.41) is 3.52. The van der Waals surface area contributed by atoms with Crippen molar-refractivity contribution in [1.29, 1.82) is 0 Å². The van der Waals surface area contributed by atoms with Crippen LogP contribution in [0.5, 0.6) is 0 Å². The second kappa shape index (κ2) is 6.47. The summed E-state index contributed by atoms with van der Waals surface area (Å²) in [6.45, 7) is 9.94. The third-order valence-corrected chi connectivity index (χ3v) is 4.97. The third kappa shape index (κ3) is 3.47. The smallest absolute Gasteiger partial charge is 0.0678 e. The third-order valence-electron chi connectivity index (χ3n) is 4.97. The van der Waals surface area contributed by atoms with Crippen molar-refractivity contribution in [2.24, 2.45) is 0 Å². The molecule has 2 heterocycles. The zero-order valence-corrected chi connectivity index (χ0v) is 13.3. The minimum absolute atomic E-state index is 0.309. The number of benzene rings is 1. The Morgan fingerprint density at radius 3 is 2.33 bits per heavy atom. The van der Waals surface area contributed by atoms with Gasteiger partial charge in [0, 0.05) is 25.0 Å². The Labute approximate surface area is 128 Å². The van der Waals surface area contributed by atoms with E-state index in [-0.39, 0.29) is 0 Å². The highest BCUT2D eigenvalue weighted by Gasteiger charge is 2.37. The average Bonchev–Trinajstić information content (AvgIpc) is 2.48. The lowest BCUT2D eigenvalue weighted by molar-refractivity contribution is -0.0744. The van der Waals surface area contributed by atoms with Gasteiger partial charge in [0.15, 0.2) is 0 Å². The molecule has 21 heavy (non-hydrogen) atoms. The fourth-order valence-corrected chi connectivity index (χ4v) is 4.08. The Morgan fingerprint density at radius 1 is 1.10 bits per heavy atom. The molecule has 1 aromatic carbocycles. The highest BCUT2D eigenvalue weighted by atomic mass is 16.5. The summed E-state index contributed by atoms with van der Waals surface area (Å²) in [5.74, 6) is 0. The quantitative estimate of drug-likeness (QED) is 0.924. The first-order valence-corrected chi connectivity index (χ1v) is 8.32. The Balaban J connectivity index is 1.80. The second-order valence-electron chi connectivity index (χ2n) is 6.85. The summed E-state index contributed by atoms with van der Waals surface area (Å²) < 4.78 is 5.89. The topological polar surface area (TPSA) is 24.5 Å². The van der Waals surface area contributed by atoms with E-state index < -0.39 is 0 Å². The number of piperidine rings is 1. The van der Waals surface area contributed by atoms with Crippen LogP contribution in [0.2, 0.25) is 0 Å². The molecule has 0 amide bonds. The van der Waals surface area contributed by atoms with E-state index in [0.29, 0.717) is 17.6 Å². The Kier molecular flexibility index (Phi) is 4.63. The van der Waals surface area contributed by atoms with Crippen LogP contribution in [0, 0.1) is 0 Å². The van der Waals surface area contributed by atoms with E-state index in [1.54, 1.807) is 0 Å².